The molecular formula is C28H31N7O3S. The SMILES string of the molecule is CN1CCN(C)C(c2cccc(Nc3ncc4ccc(-c5cccc(S(=O)(=O)N6CCCC6)c5)n4n3)c2)C1=O. The van der Waals surface area contributed by atoms with Crippen molar-refractivity contribution in [1.29, 1.82) is 0 Å². The van der Waals surface area contributed by atoms with Crippen LogP contribution in [0.25, 0.3) is 16.8 Å². The predicted octanol–water partition coefficient (Wildman–Crippen LogP) is 3.37. The first-order chi connectivity index (χ1) is 18.8. The van der Waals surface area contributed by atoms with Crippen molar-refractivity contribution >= 4 is 33.1 Å². The average Bonchev–Trinajstić information content (AvgIpc) is 3.62. The summed E-state index contributed by atoms with van der Waals surface area (Å²) in [7, 11) is 0.266. The monoisotopic (exact) mass is 545 g/mol. The van der Waals surface area contributed by atoms with Crippen LogP contribution in [0.2, 0.25) is 0 Å². The van der Waals surface area contributed by atoms with Gasteiger partial charge in [-0.05, 0) is 61.9 Å². The molecule has 2 fully saturated rings. The third kappa shape index (κ3) is 4.77. The highest BCUT2D eigenvalue weighted by Crippen LogP contribution is 2.29. The average molecular weight is 546 g/mol. The van der Waals surface area contributed by atoms with E-state index in [-0.39, 0.29) is 16.8 Å². The Kier molecular flexibility index (Phi) is 6.57. The number of sulfonamides is 1. The number of amides is 1. The quantitative estimate of drug-likeness (QED) is 0.396. The molecule has 6 rings (SSSR count). The summed E-state index contributed by atoms with van der Waals surface area (Å²) in [6.07, 6.45) is 3.51. The van der Waals surface area contributed by atoms with E-state index in [1.165, 1.54) is 0 Å². The minimum absolute atomic E-state index is 0.0736. The number of nitrogens with one attached hydrogen (secondary N) is 1. The molecule has 2 aromatic carbocycles. The number of hydrogen-bond donors (Lipinski definition) is 1. The molecule has 0 saturated carbocycles. The molecule has 0 spiro atoms. The van der Waals surface area contributed by atoms with Crippen LogP contribution in [0.3, 0.4) is 0 Å². The predicted molar refractivity (Wildman–Crippen MR) is 149 cm³/mol. The summed E-state index contributed by atoms with van der Waals surface area (Å²) < 4.78 is 29.6. The number of hydrogen-bond acceptors (Lipinski definition) is 7. The molecule has 2 aliphatic heterocycles. The fourth-order valence-electron chi connectivity index (χ4n) is 5.33. The lowest BCUT2D eigenvalue weighted by atomic mass is 10.0. The summed E-state index contributed by atoms with van der Waals surface area (Å²) in [5.41, 5.74) is 3.98. The molecule has 0 aliphatic carbocycles. The number of carbonyl (C=O) groups is 1. The number of piperazine rings is 1. The molecule has 10 nitrogen and oxygen atoms in total. The van der Waals surface area contributed by atoms with E-state index in [9.17, 15) is 13.2 Å². The van der Waals surface area contributed by atoms with Gasteiger partial charge in [-0.25, -0.2) is 17.9 Å². The Morgan fingerprint density at radius 1 is 0.923 bits per heavy atom. The zero-order chi connectivity index (χ0) is 27.1. The standard InChI is InChI=1S/C28H31N7O3S/c1-32-15-16-33(2)27(36)26(32)21-8-5-9-22(17-21)30-28-29-19-23-11-12-25(35(23)31-28)20-7-6-10-24(18-20)39(37,38)34-13-3-4-14-34/h5-12,17-19,26H,3-4,13-16H2,1-2H3,(H,30,31). The Hall–Kier alpha value is -3.80. The fraction of sp³-hybridized carbons (Fsp3) is 0.321. The minimum Gasteiger partial charge on any atom is -0.343 e. The summed E-state index contributed by atoms with van der Waals surface area (Å²) in [6, 6.07) is 18.2. The Morgan fingerprint density at radius 3 is 2.54 bits per heavy atom. The van der Waals surface area contributed by atoms with E-state index < -0.39 is 10.0 Å². The smallest absolute Gasteiger partial charge is 0.245 e. The van der Waals surface area contributed by atoms with Gasteiger partial charge in [-0.2, -0.15) is 4.31 Å². The van der Waals surface area contributed by atoms with E-state index in [4.69, 9.17) is 5.10 Å². The van der Waals surface area contributed by atoms with Crippen molar-refractivity contribution in [3.8, 4) is 11.3 Å². The van der Waals surface area contributed by atoms with E-state index in [0.717, 1.165) is 47.4 Å². The van der Waals surface area contributed by atoms with E-state index >= 15 is 0 Å². The zero-order valence-corrected chi connectivity index (χ0v) is 22.8. The number of likely N-dealkylation sites (N-methyl/N-ethyl adjacent to an activating group) is 2. The van der Waals surface area contributed by atoms with Gasteiger partial charge in [0, 0.05) is 44.5 Å². The number of benzene rings is 2. The number of fused-ring (bicyclic) bond motifs is 1. The molecule has 1 N–H and O–H groups in total. The molecule has 1 amide bonds. The molecule has 2 aliphatic rings. The first-order valence-corrected chi connectivity index (χ1v) is 14.5. The minimum atomic E-state index is -3.53. The highest BCUT2D eigenvalue weighted by molar-refractivity contribution is 7.89. The van der Waals surface area contributed by atoms with Crippen molar-refractivity contribution in [1.82, 2.24) is 28.7 Å². The molecule has 4 aromatic rings. The van der Waals surface area contributed by atoms with Gasteiger partial charge in [-0.15, -0.1) is 5.10 Å². The van der Waals surface area contributed by atoms with Gasteiger partial charge >= 0.3 is 0 Å². The van der Waals surface area contributed by atoms with Crippen molar-refractivity contribution in [3.63, 3.8) is 0 Å². The van der Waals surface area contributed by atoms with Crippen LogP contribution in [0, 0.1) is 0 Å². The summed E-state index contributed by atoms with van der Waals surface area (Å²) in [6.45, 7) is 2.64. The molecule has 39 heavy (non-hydrogen) atoms. The van der Waals surface area contributed by atoms with Crippen molar-refractivity contribution in [3.05, 3.63) is 72.4 Å². The lowest BCUT2D eigenvalue weighted by Crippen LogP contribution is -2.48. The van der Waals surface area contributed by atoms with E-state index in [2.05, 4.69) is 15.2 Å². The van der Waals surface area contributed by atoms with Crippen LogP contribution in [0.1, 0.15) is 24.4 Å². The van der Waals surface area contributed by atoms with Gasteiger partial charge in [0.25, 0.3) is 0 Å². The molecule has 0 radical (unpaired) electrons. The molecule has 202 valence electrons. The Labute approximate surface area is 227 Å². The van der Waals surface area contributed by atoms with Crippen LogP contribution in [-0.2, 0) is 14.8 Å². The van der Waals surface area contributed by atoms with Gasteiger partial charge in [-0.1, -0.05) is 24.3 Å². The third-order valence-electron chi connectivity index (χ3n) is 7.53. The fourth-order valence-corrected chi connectivity index (χ4v) is 6.89. The molecule has 1 unspecified atom stereocenters. The van der Waals surface area contributed by atoms with Gasteiger partial charge < -0.3 is 10.2 Å². The third-order valence-corrected chi connectivity index (χ3v) is 9.42. The van der Waals surface area contributed by atoms with Crippen LogP contribution >= 0.6 is 0 Å². The Balaban J connectivity index is 1.30. The van der Waals surface area contributed by atoms with E-state index in [0.29, 0.717) is 25.6 Å². The summed E-state index contributed by atoms with van der Waals surface area (Å²) in [5, 5.41) is 7.98. The Bertz CT molecular complexity index is 1650. The zero-order valence-electron chi connectivity index (χ0n) is 22.0. The van der Waals surface area contributed by atoms with Gasteiger partial charge in [0.05, 0.1) is 22.3 Å². The molecular weight excluding hydrogens is 514 g/mol. The number of nitrogens with zero attached hydrogens (tertiary/aromatic N) is 6. The Morgan fingerprint density at radius 2 is 1.72 bits per heavy atom. The maximum absolute atomic E-state index is 13.1. The normalized spacial score (nSPS) is 19.2. The van der Waals surface area contributed by atoms with Crippen molar-refractivity contribution in [2.45, 2.75) is 23.8 Å². The van der Waals surface area contributed by atoms with Crippen LogP contribution in [-0.4, -0.2) is 83.3 Å². The lowest BCUT2D eigenvalue weighted by molar-refractivity contribution is -0.139. The highest BCUT2D eigenvalue weighted by atomic mass is 32.2. The topological polar surface area (TPSA) is 103 Å². The van der Waals surface area contributed by atoms with Crippen LogP contribution < -0.4 is 5.32 Å². The largest absolute Gasteiger partial charge is 0.343 e. The van der Waals surface area contributed by atoms with Crippen LogP contribution in [0.15, 0.2) is 71.8 Å². The molecule has 0 bridgehead atoms. The van der Waals surface area contributed by atoms with Gasteiger partial charge in [0.2, 0.25) is 21.9 Å². The van der Waals surface area contributed by atoms with E-state index in [1.807, 2.05) is 56.6 Å². The van der Waals surface area contributed by atoms with Crippen LogP contribution in [0.5, 0.6) is 0 Å². The summed E-state index contributed by atoms with van der Waals surface area (Å²) in [4.78, 5) is 21.4. The van der Waals surface area contributed by atoms with E-state index in [1.54, 1.807) is 38.1 Å². The van der Waals surface area contributed by atoms with Crippen molar-refractivity contribution < 1.29 is 13.2 Å². The molecule has 11 heteroatoms. The molecule has 1 atom stereocenters. The summed E-state index contributed by atoms with van der Waals surface area (Å²) >= 11 is 0. The first kappa shape index (κ1) is 25.5. The second kappa shape index (κ2) is 10.1. The molecule has 4 heterocycles. The number of carbonyl (C=O) groups excluding carboxylic acids is 1. The highest BCUT2D eigenvalue weighted by Gasteiger charge is 2.32. The summed E-state index contributed by atoms with van der Waals surface area (Å²) in [5.74, 6) is 0.461. The lowest BCUT2D eigenvalue weighted by Gasteiger charge is -2.37. The maximum Gasteiger partial charge on any atom is 0.245 e. The van der Waals surface area contributed by atoms with Crippen LogP contribution in [0.4, 0.5) is 11.6 Å². The first-order valence-electron chi connectivity index (χ1n) is 13.1. The van der Waals surface area contributed by atoms with Crippen molar-refractivity contribution in [2.75, 3.05) is 45.6 Å². The van der Waals surface area contributed by atoms with Crippen molar-refractivity contribution in [2.24, 2.45) is 0 Å². The number of rotatable bonds is 6. The number of anilines is 2. The van der Waals surface area contributed by atoms with Gasteiger partial charge in [0.15, 0.2) is 0 Å². The van der Waals surface area contributed by atoms with Gasteiger partial charge in [0.1, 0.15) is 6.04 Å². The maximum atomic E-state index is 13.1. The number of aromatic nitrogens is 3. The second-order valence-corrected chi connectivity index (χ2v) is 12.1. The second-order valence-electron chi connectivity index (χ2n) is 10.2. The van der Waals surface area contributed by atoms with Gasteiger partial charge in [-0.3, -0.25) is 9.69 Å². The molecule has 2 aromatic heterocycles. The molecule has 2 saturated heterocycles.